The molecule has 0 bridgehead atoms. The number of hydrogen-bond donors (Lipinski definition) is 4. The van der Waals surface area contributed by atoms with Gasteiger partial charge in [0.05, 0.1) is 20.4 Å². The van der Waals surface area contributed by atoms with E-state index in [-0.39, 0.29) is 26.9 Å². The molecule has 2 aliphatic rings. The molecular weight excluding hydrogens is 855 g/mol. The first-order valence-electron chi connectivity index (χ1n) is 18.8. The molecule has 1 aliphatic heterocycles. The highest BCUT2D eigenvalue weighted by atomic mass is 32.2. The molecule has 0 aromatic heterocycles. The van der Waals surface area contributed by atoms with Crippen LogP contribution in [-0.2, 0) is 51.3 Å². The van der Waals surface area contributed by atoms with Gasteiger partial charge in [0.15, 0.2) is 0 Å². The van der Waals surface area contributed by atoms with Gasteiger partial charge in [0.25, 0.3) is 40.5 Å². The van der Waals surface area contributed by atoms with Crippen LogP contribution in [0.4, 0.5) is 5.69 Å². The third kappa shape index (κ3) is 10.7. The van der Waals surface area contributed by atoms with Crippen molar-refractivity contribution in [2.24, 2.45) is 0 Å². The van der Waals surface area contributed by atoms with Crippen LogP contribution in [0, 0.1) is 6.92 Å². The number of benzene rings is 3. The van der Waals surface area contributed by atoms with Gasteiger partial charge in [0.1, 0.15) is 11.5 Å². The third-order valence-electron chi connectivity index (χ3n) is 10.9. The van der Waals surface area contributed by atoms with Crippen LogP contribution in [0.15, 0.2) is 134 Å². The second kappa shape index (κ2) is 17.2. The fraction of sp³-hybridized carbons (Fsp3) is 0.333. The molecule has 1 heterocycles. The number of aryl methyl sites for hydroxylation is 1. The molecule has 0 fully saturated rings. The molecule has 0 amide bonds. The first-order chi connectivity index (χ1) is 27.6. The van der Waals surface area contributed by atoms with Crippen molar-refractivity contribution in [3.05, 3.63) is 136 Å². The molecule has 0 saturated carbocycles. The van der Waals surface area contributed by atoms with Crippen molar-refractivity contribution in [1.82, 2.24) is 0 Å². The van der Waals surface area contributed by atoms with Gasteiger partial charge in [-0.3, -0.25) is 18.2 Å². The van der Waals surface area contributed by atoms with E-state index >= 15 is 0 Å². The number of fused-ring (bicyclic) bond motifs is 1. The molecule has 60 heavy (non-hydrogen) atoms. The van der Waals surface area contributed by atoms with E-state index < -0.39 is 57.1 Å². The van der Waals surface area contributed by atoms with Crippen LogP contribution in [-0.4, -0.2) is 64.2 Å². The molecule has 18 heteroatoms. The minimum absolute atomic E-state index is 0.156. The molecule has 0 spiro atoms. The number of rotatable bonds is 15. The average Bonchev–Trinajstić information content (AvgIpc) is 3.35. The van der Waals surface area contributed by atoms with Crippen molar-refractivity contribution in [3.8, 4) is 5.75 Å². The zero-order chi connectivity index (χ0) is 44.6. The maximum Gasteiger partial charge on any atom is 0.294 e. The van der Waals surface area contributed by atoms with Gasteiger partial charge >= 0.3 is 0 Å². The Bertz CT molecular complexity index is 2780. The summed E-state index contributed by atoms with van der Waals surface area (Å²) in [5.74, 6) is 0.285. The molecule has 0 atom stereocenters. The molecule has 324 valence electrons. The predicted octanol–water partition coefficient (Wildman–Crippen LogP) is 7.92. The summed E-state index contributed by atoms with van der Waals surface area (Å²) >= 11 is 0. The molecule has 1 aliphatic carbocycles. The van der Waals surface area contributed by atoms with Gasteiger partial charge in [-0.05, 0) is 133 Å². The number of nitrogens with zero attached hydrogens (tertiary/aromatic N) is 1. The van der Waals surface area contributed by atoms with E-state index in [4.69, 9.17) is 4.74 Å². The second-order valence-corrected chi connectivity index (χ2v) is 21.7. The summed E-state index contributed by atoms with van der Waals surface area (Å²) in [6.07, 6.45) is 9.70. The fourth-order valence-corrected chi connectivity index (χ4v) is 9.52. The van der Waals surface area contributed by atoms with Crippen LogP contribution in [0.2, 0.25) is 0 Å². The maximum atomic E-state index is 12.1. The molecule has 0 unspecified atom stereocenters. The molecule has 4 N–H and O–H groups in total. The number of anilines is 1. The summed E-state index contributed by atoms with van der Waals surface area (Å²) in [5, 5.41) is 0. The number of unbranched alkanes of at least 4 members (excludes halogenated alkanes) is 1. The standard InChI is InChI=1S/C42H49NO13S4/c1-28-12-18-34(59(50,51)52)26-36(28)41(3,4)29(2)13-14-30-10-9-11-31(40(30)56-32-16-19-33(20-17-32)58(47,48)49)15-23-39-42(5,6)37-27-35(60(53,54)55)21-22-38(37)43(39)24-7-8-25-57(44,45)46/h12-23,26-27H,2,7-11,24-25H2,1,3-6H3,(H,44,45,46)(H,47,48,49)(H,50,51,52)(H,53,54,55)/b14-13+,31-15+,39-23+. The van der Waals surface area contributed by atoms with Crippen LogP contribution < -0.4 is 9.64 Å². The van der Waals surface area contributed by atoms with Gasteiger partial charge in [-0.15, -0.1) is 0 Å². The van der Waals surface area contributed by atoms with E-state index in [1.807, 2.05) is 57.7 Å². The summed E-state index contributed by atoms with van der Waals surface area (Å²) in [4.78, 5) is 1.09. The summed E-state index contributed by atoms with van der Waals surface area (Å²) in [5.41, 5.74) is 3.89. The predicted molar refractivity (Wildman–Crippen MR) is 229 cm³/mol. The number of allylic oxidation sites excluding steroid dienone is 8. The summed E-state index contributed by atoms with van der Waals surface area (Å²) in [6.45, 7) is 14.0. The molecule has 14 nitrogen and oxygen atoms in total. The van der Waals surface area contributed by atoms with Gasteiger partial charge in [-0.1, -0.05) is 58.6 Å². The monoisotopic (exact) mass is 903 g/mol. The SMILES string of the molecule is C=C(/C=C/C1=C(Oc2ccc(S(=O)(=O)O)cc2)C(=C/C=C2/N(CCCCS(=O)(=O)O)c3ccc(S(=O)(=O)O)cc3C2(C)C)/CCC1)C(C)(C)c1cc(S(=O)(=O)O)ccc1C. The Labute approximate surface area is 352 Å². The minimum atomic E-state index is -4.54. The van der Waals surface area contributed by atoms with E-state index in [9.17, 15) is 51.9 Å². The molecule has 0 saturated heterocycles. The van der Waals surface area contributed by atoms with Crippen LogP contribution in [0.25, 0.3) is 0 Å². The summed E-state index contributed by atoms with van der Waals surface area (Å²) in [7, 11) is -17.7. The quantitative estimate of drug-likeness (QED) is 0.0645. The van der Waals surface area contributed by atoms with Crippen molar-refractivity contribution in [2.45, 2.75) is 92.2 Å². The smallest absolute Gasteiger partial charge is 0.294 e. The Kier molecular flexibility index (Phi) is 13.3. The molecule has 0 radical (unpaired) electrons. The van der Waals surface area contributed by atoms with Crippen molar-refractivity contribution in [2.75, 3.05) is 17.2 Å². The molecular formula is C42H49NO13S4. The largest absolute Gasteiger partial charge is 0.457 e. The lowest BCUT2D eigenvalue weighted by Gasteiger charge is -2.29. The second-order valence-electron chi connectivity index (χ2n) is 15.9. The zero-order valence-electron chi connectivity index (χ0n) is 33.8. The van der Waals surface area contributed by atoms with Crippen molar-refractivity contribution >= 4 is 46.2 Å². The van der Waals surface area contributed by atoms with Crippen molar-refractivity contribution in [3.63, 3.8) is 0 Å². The van der Waals surface area contributed by atoms with Crippen LogP contribution in [0.3, 0.4) is 0 Å². The molecule has 3 aromatic carbocycles. The Hall–Kier alpha value is -4.40. The number of hydrogen-bond acceptors (Lipinski definition) is 10. The lowest BCUT2D eigenvalue weighted by Crippen LogP contribution is -2.27. The van der Waals surface area contributed by atoms with Crippen molar-refractivity contribution in [1.29, 1.82) is 0 Å². The van der Waals surface area contributed by atoms with E-state index in [0.717, 1.165) is 22.4 Å². The van der Waals surface area contributed by atoms with Gasteiger partial charge in [-0.25, -0.2) is 0 Å². The Balaban J connectivity index is 1.61. The Morgan fingerprint density at radius 1 is 0.800 bits per heavy atom. The van der Waals surface area contributed by atoms with Crippen LogP contribution in [0.5, 0.6) is 5.75 Å². The highest BCUT2D eigenvalue weighted by molar-refractivity contribution is 7.86. The van der Waals surface area contributed by atoms with E-state index in [0.29, 0.717) is 60.4 Å². The normalized spacial score (nSPS) is 17.8. The Morgan fingerprint density at radius 3 is 1.98 bits per heavy atom. The first kappa shape index (κ1) is 46.7. The van der Waals surface area contributed by atoms with E-state index in [1.54, 1.807) is 18.2 Å². The van der Waals surface area contributed by atoms with E-state index in [2.05, 4.69) is 6.58 Å². The minimum Gasteiger partial charge on any atom is -0.457 e. The average molecular weight is 904 g/mol. The van der Waals surface area contributed by atoms with Gasteiger partial charge < -0.3 is 9.64 Å². The van der Waals surface area contributed by atoms with E-state index in [1.165, 1.54) is 48.5 Å². The lowest BCUT2D eigenvalue weighted by atomic mass is 9.76. The molecule has 3 aromatic rings. The highest BCUT2D eigenvalue weighted by Gasteiger charge is 2.40. The fourth-order valence-electron chi connectivity index (χ4n) is 7.46. The van der Waals surface area contributed by atoms with Crippen LogP contribution in [0.1, 0.15) is 76.5 Å². The van der Waals surface area contributed by atoms with Gasteiger partial charge in [-0.2, -0.15) is 33.7 Å². The van der Waals surface area contributed by atoms with Gasteiger partial charge in [0.2, 0.25) is 0 Å². The van der Waals surface area contributed by atoms with Gasteiger partial charge in [0, 0.05) is 28.8 Å². The zero-order valence-corrected chi connectivity index (χ0v) is 37.0. The number of ether oxygens (including phenoxy) is 1. The Morgan fingerprint density at radius 2 is 1.38 bits per heavy atom. The lowest BCUT2D eigenvalue weighted by molar-refractivity contribution is 0.415. The topological polar surface area (TPSA) is 230 Å². The summed E-state index contributed by atoms with van der Waals surface area (Å²) < 4.78 is 140. The van der Waals surface area contributed by atoms with Crippen LogP contribution >= 0.6 is 0 Å². The molecule has 5 rings (SSSR count). The third-order valence-corrected chi connectivity index (χ3v) is 14.3. The van der Waals surface area contributed by atoms with Crippen molar-refractivity contribution < 1.29 is 56.6 Å². The first-order valence-corrected chi connectivity index (χ1v) is 24.7. The highest BCUT2D eigenvalue weighted by Crippen LogP contribution is 2.49. The maximum absolute atomic E-state index is 12.1. The summed E-state index contributed by atoms with van der Waals surface area (Å²) in [6, 6.07) is 13.9.